The lowest BCUT2D eigenvalue weighted by molar-refractivity contribution is -0.129. The van der Waals surface area contributed by atoms with E-state index in [0.717, 1.165) is 22.3 Å². The van der Waals surface area contributed by atoms with Crippen molar-refractivity contribution >= 4 is 12.3 Å². The second-order valence-corrected chi connectivity index (χ2v) is 9.34. The highest BCUT2D eigenvalue weighted by Crippen LogP contribution is 2.33. The summed E-state index contributed by atoms with van der Waals surface area (Å²) in [5.74, 6) is 0.449. The number of ether oxygens (including phenoxy) is 2. The van der Waals surface area contributed by atoms with E-state index in [1.165, 1.54) is 0 Å². The van der Waals surface area contributed by atoms with Gasteiger partial charge in [0.25, 0.3) is 6.47 Å². The largest absolute Gasteiger partial charge is 0.507 e. The molecule has 0 bridgehead atoms. The summed E-state index contributed by atoms with van der Waals surface area (Å²) in [7, 11) is 0. The molecule has 0 saturated heterocycles. The molecule has 0 spiro atoms. The van der Waals surface area contributed by atoms with E-state index in [-0.39, 0.29) is 23.6 Å². The molecule has 0 aliphatic rings. The van der Waals surface area contributed by atoms with E-state index in [4.69, 9.17) is 9.47 Å². The van der Waals surface area contributed by atoms with Crippen LogP contribution in [0.25, 0.3) is 11.1 Å². The first kappa shape index (κ1) is 24.1. The number of benzene rings is 3. The van der Waals surface area contributed by atoms with E-state index in [0.29, 0.717) is 36.4 Å². The zero-order valence-electron chi connectivity index (χ0n) is 19.6. The van der Waals surface area contributed by atoms with Crippen LogP contribution in [-0.2, 0) is 22.7 Å². The van der Waals surface area contributed by atoms with Gasteiger partial charge in [-0.3, -0.25) is 9.59 Å². The molecule has 0 radical (unpaired) electrons. The summed E-state index contributed by atoms with van der Waals surface area (Å²) in [6.07, 6.45) is 0.359. The molecular weight excluding hydrogens is 416 g/mol. The van der Waals surface area contributed by atoms with Crippen molar-refractivity contribution in [3.05, 3.63) is 82.9 Å². The van der Waals surface area contributed by atoms with E-state index >= 15 is 0 Å². The minimum Gasteiger partial charge on any atom is -0.507 e. The molecule has 0 amide bonds. The Morgan fingerprint density at radius 3 is 2.33 bits per heavy atom. The number of ketones is 1. The molecule has 33 heavy (non-hydrogen) atoms. The SMILES string of the molecule is Cc1c(OCc2cccc(-c3ccc(COC=O)cc3)c2)ccc(C(=O)CC(C)(C)C)c1O. The highest BCUT2D eigenvalue weighted by molar-refractivity contribution is 5.99. The minimum absolute atomic E-state index is 0.0193. The topological polar surface area (TPSA) is 72.8 Å². The summed E-state index contributed by atoms with van der Waals surface area (Å²) in [4.78, 5) is 22.9. The van der Waals surface area contributed by atoms with Gasteiger partial charge >= 0.3 is 0 Å². The highest BCUT2D eigenvalue weighted by atomic mass is 16.5. The number of carbonyl (C=O) groups excluding carboxylic acids is 2. The number of aromatic hydroxyl groups is 1. The van der Waals surface area contributed by atoms with Crippen LogP contribution < -0.4 is 4.74 Å². The van der Waals surface area contributed by atoms with E-state index in [2.05, 4.69) is 0 Å². The number of hydrogen-bond donors (Lipinski definition) is 1. The molecule has 3 aromatic rings. The van der Waals surface area contributed by atoms with Crippen molar-refractivity contribution in [2.75, 3.05) is 0 Å². The predicted molar refractivity (Wildman–Crippen MR) is 128 cm³/mol. The smallest absolute Gasteiger partial charge is 0.293 e. The van der Waals surface area contributed by atoms with Gasteiger partial charge in [0.05, 0.1) is 5.56 Å². The van der Waals surface area contributed by atoms with Gasteiger partial charge in [-0.1, -0.05) is 63.2 Å². The Balaban J connectivity index is 1.71. The first-order chi connectivity index (χ1) is 15.7. The van der Waals surface area contributed by atoms with Crippen LogP contribution in [0.4, 0.5) is 0 Å². The number of rotatable bonds is 9. The van der Waals surface area contributed by atoms with Crippen molar-refractivity contribution in [1.82, 2.24) is 0 Å². The summed E-state index contributed by atoms with van der Waals surface area (Å²) in [5.41, 5.74) is 4.72. The third-order valence-corrected chi connectivity index (χ3v) is 5.30. The van der Waals surface area contributed by atoms with Gasteiger partial charge in [-0.05, 0) is 52.8 Å². The van der Waals surface area contributed by atoms with E-state index in [1.807, 2.05) is 69.3 Å². The van der Waals surface area contributed by atoms with Crippen molar-refractivity contribution < 1.29 is 24.2 Å². The molecule has 3 rings (SSSR count). The molecule has 0 aliphatic carbocycles. The van der Waals surface area contributed by atoms with Gasteiger partial charge in [0.1, 0.15) is 24.7 Å². The Labute approximate surface area is 195 Å². The minimum atomic E-state index is -0.152. The van der Waals surface area contributed by atoms with Crippen LogP contribution in [0, 0.1) is 12.3 Å². The maximum atomic E-state index is 12.5. The van der Waals surface area contributed by atoms with Gasteiger partial charge in [0.15, 0.2) is 5.78 Å². The van der Waals surface area contributed by atoms with Crippen LogP contribution >= 0.6 is 0 Å². The zero-order valence-corrected chi connectivity index (χ0v) is 19.6. The molecule has 1 N–H and O–H groups in total. The number of Topliss-reactive ketones (excluding diaryl/α,β-unsaturated/α-hetero) is 1. The zero-order chi connectivity index (χ0) is 24.0. The molecule has 0 fully saturated rings. The van der Waals surface area contributed by atoms with E-state index in [9.17, 15) is 14.7 Å². The first-order valence-corrected chi connectivity index (χ1v) is 10.9. The average Bonchev–Trinajstić information content (AvgIpc) is 2.78. The fourth-order valence-corrected chi connectivity index (χ4v) is 3.57. The van der Waals surface area contributed by atoms with Crippen LogP contribution in [0.2, 0.25) is 0 Å². The van der Waals surface area contributed by atoms with Crippen molar-refractivity contribution in [2.45, 2.75) is 47.3 Å². The van der Waals surface area contributed by atoms with Gasteiger partial charge < -0.3 is 14.6 Å². The summed E-state index contributed by atoms with van der Waals surface area (Å²) < 4.78 is 10.8. The number of phenolic OH excluding ortho intramolecular Hbond substituents is 1. The Hall–Kier alpha value is -3.60. The molecule has 3 aromatic carbocycles. The van der Waals surface area contributed by atoms with Crippen LogP contribution in [0.3, 0.4) is 0 Å². The van der Waals surface area contributed by atoms with Gasteiger partial charge in [-0.2, -0.15) is 0 Å². The van der Waals surface area contributed by atoms with Crippen LogP contribution in [0.1, 0.15) is 54.2 Å². The molecular formula is C28H30O5. The molecule has 172 valence electrons. The lowest BCUT2D eigenvalue weighted by atomic mass is 9.87. The predicted octanol–water partition coefficient (Wildman–Crippen LogP) is 6.24. The maximum absolute atomic E-state index is 12.5. The lowest BCUT2D eigenvalue weighted by Gasteiger charge is -2.18. The third kappa shape index (κ3) is 6.45. The lowest BCUT2D eigenvalue weighted by Crippen LogP contribution is -2.13. The van der Waals surface area contributed by atoms with E-state index in [1.54, 1.807) is 19.1 Å². The maximum Gasteiger partial charge on any atom is 0.293 e. The van der Waals surface area contributed by atoms with Gasteiger partial charge in [-0.25, -0.2) is 0 Å². The Kier molecular flexibility index (Phi) is 7.54. The van der Waals surface area contributed by atoms with Gasteiger partial charge in [-0.15, -0.1) is 0 Å². The molecule has 5 nitrogen and oxygen atoms in total. The average molecular weight is 447 g/mol. The fraction of sp³-hybridized carbons (Fsp3) is 0.286. The Morgan fingerprint density at radius 1 is 0.939 bits per heavy atom. The van der Waals surface area contributed by atoms with Crippen molar-refractivity contribution in [3.8, 4) is 22.6 Å². The molecule has 0 heterocycles. The molecule has 0 aromatic heterocycles. The molecule has 0 atom stereocenters. The summed E-state index contributed by atoms with van der Waals surface area (Å²) in [6, 6.07) is 19.2. The van der Waals surface area contributed by atoms with Gasteiger partial charge in [0, 0.05) is 12.0 Å². The third-order valence-electron chi connectivity index (χ3n) is 5.30. The number of hydrogen-bond acceptors (Lipinski definition) is 5. The number of phenols is 1. The fourth-order valence-electron chi connectivity index (χ4n) is 3.57. The Morgan fingerprint density at radius 2 is 1.67 bits per heavy atom. The normalized spacial score (nSPS) is 11.2. The molecule has 5 heteroatoms. The van der Waals surface area contributed by atoms with Crippen LogP contribution in [-0.4, -0.2) is 17.4 Å². The second kappa shape index (κ2) is 10.3. The standard InChI is InChI=1S/C28H30O5/c1-19-26(13-12-24(27(19)31)25(30)15-28(2,3)4)33-17-21-6-5-7-23(14-21)22-10-8-20(9-11-22)16-32-18-29/h5-14,18,31H,15-17H2,1-4H3. The highest BCUT2D eigenvalue weighted by Gasteiger charge is 2.21. The van der Waals surface area contributed by atoms with Crippen LogP contribution in [0.15, 0.2) is 60.7 Å². The molecule has 0 unspecified atom stereocenters. The first-order valence-electron chi connectivity index (χ1n) is 10.9. The molecule has 0 aliphatic heterocycles. The van der Waals surface area contributed by atoms with Crippen LogP contribution in [0.5, 0.6) is 11.5 Å². The van der Waals surface area contributed by atoms with Crippen molar-refractivity contribution in [2.24, 2.45) is 5.41 Å². The molecule has 0 saturated carbocycles. The second-order valence-electron chi connectivity index (χ2n) is 9.34. The van der Waals surface area contributed by atoms with Crippen molar-refractivity contribution in [3.63, 3.8) is 0 Å². The van der Waals surface area contributed by atoms with Crippen molar-refractivity contribution in [1.29, 1.82) is 0 Å². The monoisotopic (exact) mass is 446 g/mol. The number of carbonyl (C=O) groups is 2. The summed E-state index contributed by atoms with van der Waals surface area (Å²) >= 11 is 0. The Bertz CT molecular complexity index is 1120. The summed E-state index contributed by atoms with van der Waals surface area (Å²) in [5, 5.41) is 10.6. The van der Waals surface area contributed by atoms with E-state index < -0.39 is 0 Å². The summed E-state index contributed by atoms with van der Waals surface area (Å²) in [6.45, 7) is 8.77. The van der Waals surface area contributed by atoms with Gasteiger partial charge in [0.2, 0.25) is 0 Å². The quantitative estimate of drug-likeness (QED) is 0.311.